The van der Waals surface area contributed by atoms with Crippen molar-refractivity contribution in [3.8, 4) is 0 Å². The summed E-state index contributed by atoms with van der Waals surface area (Å²) in [7, 11) is 0. The monoisotopic (exact) mass is 436 g/mol. The SMILES string of the molecule is O=C1NC(=Nc2ccccc2)S/C1=C(/OCc1ccccc1)c1ccc2ccccc2c1. The molecule has 156 valence electrons. The lowest BCUT2D eigenvalue weighted by Gasteiger charge is -2.13. The van der Waals surface area contributed by atoms with E-state index in [1.807, 2.05) is 84.9 Å². The van der Waals surface area contributed by atoms with Crippen molar-refractivity contribution in [1.29, 1.82) is 0 Å². The number of amidine groups is 1. The molecule has 1 fully saturated rings. The minimum absolute atomic E-state index is 0.207. The summed E-state index contributed by atoms with van der Waals surface area (Å²) in [6.45, 7) is 0.367. The van der Waals surface area contributed by atoms with E-state index in [4.69, 9.17) is 4.74 Å². The van der Waals surface area contributed by atoms with E-state index in [0.717, 1.165) is 27.6 Å². The molecule has 0 aromatic heterocycles. The van der Waals surface area contributed by atoms with Gasteiger partial charge in [-0.1, -0.05) is 84.9 Å². The van der Waals surface area contributed by atoms with Crippen LogP contribution in [0.15, 0.2) is 113 Å². The van der Waals surface area contributed by atoms with Gasteiger partial charge in [-0.15, -0.1) is 0 Å². The van der Waals surface area contributed by atoms with Crippen molar-refractivity contribution in [1.82, 2.24) is 5.32 Å². The van der Waals surface area contributed by atoms with Crippen molar-refractivity contribution in [3.63, 3.8) is 0 Å². The number of ether oxygens (including phenoxy) is 1. The summed E-state index contributed by atoms with van der Waals surface area (Å²) < 4.78 is 6.26. The Morgan fingerprint density at radius 2 is 1.50 bits per heavy atom. The second-order valence-corrected chi connectivity index (χ2v) is 8.30. The van der Waals surface area contributed by atoms with Gasteiger partial charge in [-0.3, -0.25) is 4.79 Å². The van der Waals surface area contributed by atoms with E-state index >= 15 is 0 Å². The van der Waals surface area contributed by atoms with Gasteiger partial charge in [0.2, 0.25) is 0 Å². The minimum Gasteiger partial charge on any atom is -0.487 e. The number of carbonyl (C=O) groups excluding carboxylic acids is 1. The predicted molar refractivity (Wildman–Crippen MR) is 131 cm³/mol. The third-order valence-corrected chi connectivity index (χ3v) is 6.02. The van der Waals surface area contributed by atoms with Crippen LogP contribution < -0.4 is 5.32 Å². The molecule has 1 N–H and O–H groups in total. The largest absolute Gasteiger partial charge is 0.487 e. The topological polar surface area (TPSA) is 50.7 Å². The van der Waals surface area contributed by atoms with Crippen LogP contribution in [-0.2, 0) is 16.1 Å². The van der Waals surface area contributed by atoms with Gasteiger partial charge in [0.05, 0.1) is 5.69 Å². The number of fused-ring (bicyclic) bond motifs is 1. The molecule has 32 heavy (non-hydrogen) atoms. The molecule has 5 rings (SSSR count). The Hall–Kier alpha value is -3.83. The molecule has 4 aromatic rings. The molecule has 0 atom stereocenters. The lowest BCUT2D eigenvalue weighted by molar-refractivity contribution is -0.115. The van der Waals surface area contributed by atoms with E-state index in [9.17, 15) is 4.79 Å². The van der Waals surface area contributed by atoms with E-state index < -0.39 is 0 Å². The Bertz CT molecular complexity index is 1330. The number of aliphatic imine (C=N–C) groups is 1. The molecular formula is C27H20N2O2S. The van der Waals surface area contributed by atoms with Crippen molar-refractivity contribution in [2.24, 2.45) is 4.99 Å². The van der Waals surface area contributed by atoms with Crippen molar-refractivity contribution in [3.05, 3.63) is 119 Å². The average molecular weight is 437 g/mol. The molecule has 0 bridgehead atoms. The fourth-order valence-electron chi connectivity index (χ4n) is 3.48. The van der Waals surface area contributed by atoms with Gasteiger partial charge in [0.15, 0.2) is 5.17 Å². The van der Waals surface area contributed by atoms with Gasteiger partial charge in [-0.2, -0.15) is 0 Å². The van der Waals surface area contributed by atoms with Gasteiger partial charge in [0, 0.05) is 5.56 Å². The summed E-state index contributed by atoms with van der Waals surface area (Å²) in [5.41, 5.74) is 2.68. The van der Waals surface area contributed by atoms with Crippen molar-refractivity contribution < 1.29 is 9.53 Å². The molecule has 5 heteroatoms. The maximum atomic E-state index is 12.9. The molecule has 0 unspecified atom stereocenters. The molecule has 0 spiro atoms. The van der Waals surface area contributed by atoms with Gasteiger partial charge < -0.3 is 10.1 Å². The molecule has 0 radical (unpaired) electrons. The Morgan fingerprint density at radius 1 is 0.812 bits per heavy atom. The zero-order valence-corrected chi connectivity index (χ0v) is 18.0. The van der Waals surface area contributed by atoms with Crippen LogP contribution in [0.3, 0.4) is 0 Å². The Labute approximate surface area is 190 Å². The van der Waals surface area contributed by atoms with E-state index in [2.05, 4.69) is 28.5 Å². The lowest BCUT2D eigenvalue weighted by atomic mass is 10.1. The third kappa shape index (κ3) is 4.43. The quantitative estimate of drug-likeness (QED) is 0.296. The zero-order chi connectivity index (χ0) is 21.8. The van der Waals surface area contributed by atoms with Crippen molar-refractivity contribution in [2.45, 2.75) is 6.61 Å². The maximum Gasteiger partial charge on any atom is 0.267 e. The normalized spacial score (nSPS) is 16.2. The molecule has 1 amide bonds. The maximum absolute atomic E-state index is 12.9. The molecule has 1 saturated heterocycles. The Morgan fingerprint density at radius 3 is 2.28 bits per heavy atom. The van der Waals surface area contributed by atoms with Crippen LogP contribution in [-0.4, -0.2) is 11.1 Å². The van der Waals surface area contributed by atoms with Gasteiger partial charge in [0.1, 0.15) is 17.3 Å². The highest BCUT2D eigenvalue weighted by atomic mass is 32.2. The number of para-hydroxylation sites is 1. The van der Waals surface area contributed by atoms with Crippen LogP contribution >= 0.6 is 11.8 Å². The highest BCUT2D eigenvalue weighted by Crippen LogP contribution is 2.35. The standard InChI is InChI=1S/C27H20N2O2S/c30-26-25(32-27(29-26)28-23-13-5-2-6-14-23)24(31-18-19-9-3-1-4-10-19)22-16-15-20-11-7-8-12-21(20)17-22/h1-17H,18H2,(H,28,29,30)/b25-24+. The Balaban J connectivity index is 1.54. The molecule has 0 aliphatic carbocycles. The molecule has 0 saturated carbocycles. The molecule has 1 aliphatic heterocycles. The van der Waals surface area contributed by atoms with E-state index in [1.165, 1.54) is 11.8 Å². The zero-order valence-electron chi connectivity index (χ0n) is 17.2. The summed E-state index contributed by atoms with van der Waals surface area (Å²) in [5, 5.41) is 5.64. The molecule has 4 nitrogen and oxygen atoms in total. The molecule has 1 aliphatic rings. The summed E-state index contributed by atoms with van der Waals surface area (Å²) >= 11 is 1.30. The van der Waals surface area contributed by atoms with Gasteiger partial charge >= 0.3 is 0 Å². The third-order valence-electron chi connectivity index (χ3n) is 5.06. The van der Waals surface area contributed by atoms with Crippen LogP contribution in [0.2, 0.25) is 0 Å². The smallest absolute Gasteiger partial charge is 0.267 e. The van der Waals surface area contributed by atoms with Crippen LogP contribution in [0.5, 0.6) is 0 Å². The number of nitrogens with zero attached hydrogens (tertiary/aromatic N) is 1. The fourth-order valence-corrected chi connectivity index (χ4v) is 4.38. The first kappa shape index (κ1) is 20.1. The number of benzene rings is 4. The van der Waals surface area contributed by atoms with E-state index in [-0.39, 0.29) is 5.91 Å². The number of nitrogens with one attached hydrogen (secondary N) is 1. The predicted octanol–water partition coefficient (Wildman–Crippen LogP) is 6.28. The Kier molecular flexibility index (Phi) is 5.73. The van der Waals surface area contributed by atoms with Crippen molar-refractivity contribution >= 4 is 45.1 Å². The lowest BCUT2D eigenvalue weighted by Crippen LogP contribution is -2.20. The number of rotatable bonds is 5. The van der Waals surface area contributed by atoms with E-state index in [0.29, 0.717) is 22.4 Å². The van der Waals surface area contributed by atoms with Gasteiger partial charge in [-0.25, -0.2) is 4.99 Å². The highest BCUT2D eigenvalue weighted by molar-refractivity contribution is 8.18. The first-order chi connectivity index (χ1) is 15.8. The molecule has 4 aromatic carbocycles. The average Bonchev–Trinajstić information content (AvgIpc) is 3.20. The van der Waals surface area contributed by atoms with Gasteiger partial charge in [-0.05, 0) is 46.3 Å². The first-order valence-corrected chi connectivity index (χ1v) is 11.1. The summed E-state index contributed by atoms with van der Waals surface area (Å²) in [5.74, 6) is 0.348. The van der Waals surface area contributed by atoms with Gasteiger partial charge in [0.25, 0.3) is 5.91 Å². The van der Waals surface area contributed by atoms with Crippen LogP contribution in [0.25, 0.3) is 16.5 Å². The molecule has 1 heterocycles. The number of hydrogen-bond acceptors (Lipinski definition) is 4. The highest BCUT2D eigenvalue weighted by Gasteiger charge is 2.29. The number of amides is 1. The minimum atomic E-state index is -0.207. The number of hydrogen-bond donors (Lipinski definition) is 1. The van der Waals surface area contributed by atoms with Crippen molar-refractivity contribution in [2.75, 3.05) is 0 Å². The summed E-state index contributed by atoms with van der Waals surface area (Å²) in [6.07, 6.45) is 0. The first-order valence-electron chi connectivity index (χ1n) is 10.3. The number of thioether (sulfide) groups is 1. The van der Waals surface area contributed by atoms with E-state index in [1.54, 1.807) is 0 Å². The molecular weight excluding hydrogens is 416 g/mol. The number of carbonyl (C=O) groups is 1. The second kappa shape index (κ2) is 9.12. The van der Waals surface area contributed by atoms with Crippen LogP contribution in [0, 0.1) is 0 Å². The van der Waals surface area contributed by atoms with Crippen LogP contribution in [0.1, 0.15) is 11.1 Å². The fraction of sp³-hybridized carbons (Fsp3) is 0.0370. The van der Waals surface area contributed by atoms with Crippen LogP contribution in [0.4, 0.5) is 5.69 Å². The second-order valence-electron chi connectivity index (χ2n) is 7.30. The summed E-state index contributed by atoms with van der Waals surface area (Å²) in [4.78, 5) is 18.0. The summed E-state index contributed by atoms with van der Waals surface area (Å²) in [6, 6.07) is 33.8.